The van der Waals surface area contributed by atoms with Gasteiger partial charge < -0.3 is 15.3 Å². The molecule has 6 nitrogen and oxygen atoms in total. The van der Waals surface area contributed by atoms with Gasteiger partial charge in [-0.25, -0.2) is 9.18 Å². The Morgan fingerprint density at radius 1 is 1.30 bits per heavy atom. The van der Waals surface area contributed by atoms with Crippen molar-refractivity contribution in [2.45, 2.75) is 38.1 Å². The van der Waals surface area contributed by atoms with E-state index in [1.54, 1.807) is 0 Å². The van der Waals surface area contributed by atoms with E-state index < -0.39 is 17.3 Å². The molecular formula is C20H22FN3O3. The van der Waals surface area contributed by atoms with Crippen LogP contribution in [0.4, 0.5) is 10.1 Å². The number of pyridine rings is 2. The Morgan fingerprint density at radius 3 is 2.78 bits per heavy atom. The Bertz CT molecular complexity index is 1030. The van der Waals surface area contributed by atoms with E-state index in [0.29, 0.717) is 17.1 Å². The standard InChI is InChI=1S/C20H22FN3O3/c1-10-17-13(11-2-3-11)6-14(20(26)27)19(25)24(17)9-15(21)18(10)23-5-4-12-7-22-8-16(12)23/h6,9,11-12,16,22H,2-5,7-8H2,1H3,(H,26,27)/t12-,16+/m1/s1. The number of hydrogen-bond acceptors (Lipinski definition) is 4. The summed E-state index contributed by atoms with van der Waals surface area (Å²) in [5, 5.41) is 12.8. The Morgan fingerprint density at radius 2 is 2.07 bits per heavy atom. The second-order valence-electron chi connectivity index (χ2n) is 8.03. The number of aromatic nitrogens is 1. The molecule has 0 bridgehead atoms. The molecule has 1 saturated carbocycles. The highest BCUT2D eigenvalue weighted by Gasteiger charge is 2.40. The van der Waals surface area contributed by atoms with Crippen molar-refractivity contribution in [2.24, 2.45) is 5.92 Å². The fourth-order valence-electron chi connectivity index (χ4n) is 4.98. The first-order chi connectivity index (χ1) is 13.0. The van der Waals surface area contributed by atoms with Gasteiger partial charge >= 0.3 is 5.97 Å². The summed E-state index contributed by atoms with van der Waals surface area (Å²) >= 11 is 0. The first-order valence-electron chi connectivity index (χ1n) is 9.56. The van der Waals surface area contributed by atoms with Gasteiger partial charge in [0.05, 0.1) is 17.4 Å². The third kappa shape index (κ3) is 2.41. The molecule has 4 heterocycles. The minimum absolute atomic E-state index is 0.246. The smallest absolute Gasteiger partial charge is 0.341 e. The van der Waals surface area contributed by atoms with Gasteiger partial charge in [0.25, 0.3) is 5.56 Å². The van der Waals surface area contributed by atoms with E-state index in [0.717, 1.165) is 50.0 Å². The summed E-state index contributed by atoms with van der Waals surface area (Å²) in [6.45, 7) is 4.47. The summed E-state index contributed by atoms with van der Waals surface area (Å²) in [6.07, 6.45) is 4.16. The predicted octanol–water partition coefficient (Wildman–Crippen LogP) is 2.12. The molecule has 2 N–H and O–H groups in total. The van der Waals surface area contributed by atoms with Gasteiger partial charge in [-0.15, -0.1) is 0 Å². The molecule has 0 spiro atoms. The lowest BCUT2D eigenvalue weighted by molar-refractivity contribution is 0.0694. The summed E-state index contributed by atoms with van der Waals surface area (Å²) < 4.78 is 16.4. The monoisotopic (exact) mass is 371 g/mol. The second kappa shape index (κ2) is 5.79. The average Bonchev–Trinajstić information content (AvgIpc) is 3.23. The molecule has 0 radical (unpaired) electrons. The van der Waals surface area contributed by atoms with Crippen LogP contribution < -0.4 is 15.8 Å². The van der Waals surface area contributed by atoms with Gasteiger partial charge in [0.2, 0.25) is 0 Å². The number of carboxylic acids is 1. The van der Waals surface area contributed by atoms with Crippen molar-refractivity contribution in [1.29, 1.82) is 0 Å². The van der Waals surface area contributed by atoms with Gasteiger partial charge in [-0.05, 0) is 55.2 Å². The van der Waals surface area contributed by atoms with E-state index in [-0.39, 0.29) is 17.5 Å². The van der Waals surface area contributed by atoms with Crippen molar-refractivity contribution in [3.8, 4) is 0 Å². The van der Waals surface area contributed by atoms with Crippen LogP contribution in [0.15, 0.2) is 17.1 Å². The van der Waals surface area contributed by atoms with Crippen LogP contribution in [0.25, 0.3) is 5.52 Å². The van der Waals surface area contributed by atoms with Gasteiger partial charge in [0.1, 0.15) is 5.56 Å². The number of anilines is 1. The number of carboxylic acid groups (broad SMARTS) is 1. The predicted molar refractivity (Wildman–Crippen MR) is 99.4 cm³/mol. The van der Waals surface area contributed by atoms with E-state index in [2.05, 4.69) is 10.2 Å². The molecule has 2 saturated heterocycles. The zero-order valence-corrected chi connectivity index (χ0v) is 15.2. The molecule has 3 aliphatic rings. The molecule has 3 fully saturated rings. The molecule has 142 valence electrons. The van der Waals surface area contributed by atoms with Crippen LogP contribution in [0, 0.1) is 18.7 Å². The van der Waals surface area contributed by atoms with Crippen LogP contribution in [0.1, 0.15) is 46.7 Å². The average molecular weight is 371 g/mol. The fraction of sp³-hybridized carbons (Fsp3) is 0.500. The first kappa shape index (κ1) is 16.7. The Labute approximate surface area is 155 Å². The lowest BCUT2D eigenvalue weighted by Crippen LogP contribution is -2.36. The van der Waals surface area contributed by atoms with Crippen molar-refractivity contribution in [1.82, 2.24) is 9.72 Å². The molecule has 0 amide bonds. The normalized spacial score (nSPS) is 24.6. The van der Waals surface area contributed by atoms with Crippen LogP contribution in [-0.2, 0) is 0 Å². The number of fused-ring (bicyclic) bond motifs is 2. The van der Waals surface area contributed by atoms with Crippen molar-refractivity contribution in [3.05, 3.63) is 45.1 Å². The maximum absolute atomic E-state index is 15.2. The molecule has 2 aliphatic heterocycles. The summed E-state index contributed by atoms with van der Waals surface area (Å²) in [4.78, 5) is 26.3. The first-order valence-corrected chi connectivity index (χ1v) is 9.56. The van der Waals surface area contributed by atoms with E-state index in [1.165, 1.54) is 16.7 Å². The number of halogens is 1. The summed E-state index contributed by atoms with van der Waals surface area (Å²) in [7, 11) is 0. The summed E-state index contributed by atoms with van der Waals surface area (Å²) in [6, 6.07) is 1.78. The molecule has 7 heteroatoms. The highest BCUT2D eigenvalue weighted by atomic mass is 19.1. The second-order valence-corrected chi connectivity index (χ2v) is 8.03. The molecule has 2 aromatic heterocycles. The number of aromatic carboxylic acids is 1. The maximum atomic E-state index is 15.2. The fourth-order valence-corrected chi connectivity index (χ4v) is 4.98. The number of rotatable bonds is 3. The van der Waals surface area contributed by atoms with Gasteiger partial charge in [-0.3, -0.25) is 9.20 Å². The van der Waals surface area contributed by atoms with Crippen molar-refractivity contribution >= 4 is 17.2 Å². The SMILES string of the molecule is Cc1c(N2CC[C@@H]3CNC[C@@H]32)c(F)cn2c(=O)c(C(=O)O)cc(C3CC3)c12. The Balaban J connectivity index is 1.77. The molecule has 0 unspecified atom stereocenters. The number of aryl methyl sites for hydroxylation is 1. The van der Waals surface area contributed by atoms with Gasteiger partial charge in [0, 0.05) is 25.7 Å². The molecule has 5 rings (SSSR count). The zero-order valence-electron chi connectivity index (χ0n) is 15.2. The molecule has 27 heavy (non-hydrogen) atoms. The summed E-state index contributed by atoms with van der Waals surface area (Å²) in [5.74, 6) is -0.952. The van der Waals surface area contributed by atoms with Crippen LogP contribution in [0.5, 0.6) is 0 Å². The van der Waals surface area contributed by atoms with Crippen molar-refractivity contribution in [2.75, 3.05) is 24.5 Å². The van der Waals surface area contributed by atoms with E-state index in [4.69, 9.17) is 0 Å². The molecule has 0 aromatic carbocycles. The molecule has 1 aliphatic carbocycles. The highest BCUT2D eigenvalue weighted by molar-refractivity contribution is 5.89. The van der Waals surface area contributed by atoms with Gasteiger partial charge in [0.15, 0.2) is 5.82 Å². The molecule has 2 aromatic rings. The number of nitrogens with zero attached hydrogens (tertiary/aromatic N) is 2. The van der Waals surface area contributed by atoms with Crippen molar-refractivity contribution in [3.63, 3.8) is 0 Å². The van der Waals surface area contributed by atoms with Gasteiger partial charge in [-0.2, -0.15) is 0 Å². The van der Waals surface area contributed by atoms with Crippen LogP contribution in [0.2, 0.25) is 0 Å². The lowest BCUT2D eigenvalue weighted by atomic mass is 10.0. The van der Waals surface area contributed by atoms with E-state index >= 15 is 4.39 Å². The number of carbonyl (C=O) groups is 1. The largest absolute Gasteiger partial charge is 0.477 e. The Hall–Kier alpha value is -2.41. The Kier molecular flexibility index (Phi) is 3.59. The van der Waals surface area contributed by atoms with Crippen LogP contribution in [0.3, 0.4) is 0 Å². The zero-order chi connectivity index (χ0) is 18.9. The molecular weight excluding hydrogens is 349 g/mol. The maximum Gasteiger partial charge on any atom is 0.341 e. The highest BCUT2D eigenvalue weighted by Crippen LogP contribution is 2.44. The molecule has 2 atom stereocenters. The van der Waals surface area contributed by atoms with Gasteiger partial charge in [-0.1, -0.05) is 0 Å². The van der Waals surface area contributed by atoms with Crippen LogP contribution in [-0.4, -0.2) is 41.2 Å². The minimum atomic E-state index is -1.27. The lowest BCUT2D eigenvalue weighted by Gasteiger charge is -2.29. The van der Waals surface area contributed by atoms with Crippen molar-refractivity contribution < 1.29 is 14.3 Å². The number of hydrogen-bond donors (Lipinski definition) is 2. The van der Waals surface area contributed by atoms with E-state index in [9.17, 15) is 14.7 Å². The topological polar surface area (TPSA) is 74.0 Å². The van der Waals surface area contributed by atoms with E-state index in [1.807, 2.05) is 6.92 Å². The van der Waals surface area contributed by atoms with Crippen LogP contribution >= 0.6 is 0 Å². The summed E-state index contributed by atoms with van der Waals surface area (Å²) in [5.41, 5.74) is 1.87. The third-order valence-corrected chi connectivity index (χ3v) is 6.42. The number of nitrogens with one attached hydrogen (secondary N) is 1. The minimum Gasteiger partial charge on any atom is -0.477 e. The quantitative estimate of drug-likeness (QED) is 0.865. The third-order valence-electron chi connectivity index (χ3n) is 6.42.